The fraction of sp³-hybridized carbons (Fsp3) is 0.895. The van der Waals surface area contributed by atoms with Crippen LogP contribution in [-0.2, 0) is 9.59 Å². The SMILES string of the molecule is [2H]CCCCCCCCCCCCCC(=O)N1CCC[C@H]1C(=O)O. The van der Waals surface area contributed by atoms with Crippen molar-refractivity contribution in [2.24, 2.45) is 0 Å². The summed E-state index contributed by atoms with van der Waals surface area (Å²) in [6, 6.07) is -0.585. The predicted octanol–water partition coefficient (Wildman–Crippen LogP) is 4.76. The molecule has 1 N–H and O–H groups in total. The van der Waals surface area contributed by atoms with Crippen LogP contribution in [0.4, 0.5) is 0 Å². The molecule has 1 rings (SSSR count). The topological polar surface area (TPSA) is 57.6 Å². The lowest BCUT2D eigenvalue weighted by molar-refractivity contribution is -0.148. The molecule has 1 aliphatic rings. The molecule has 23 heavy (non-hydrogen) atoms. The van der Waals surface area contributed by atoms with Gasteiger partial charge in [-0.15, -0.1) is 0 Å². The van der Waals surface area contributed by atoms with E-state index in [1.54, 1.807) is 4.90 Å². The van der Waals surface area contributed by atoms with Gasteiger partial charge in [-0.05, 0) is 19.3 Å². The number of carboxylic acids is 1. The first-order chi connectivity index (χ1) is 11.7. The van der Waals surface area contributed by atoms with E-state index in [9.17, 15) is 9.59 Å². The Morgan fingerprint density at radius 2 is 1.57 bits per heavy atom. The molecule has 0 aromatic heterocycles. The number of carbonyl (C=O) groups is 2. The van der Waals surface area contributed by atoms with Crippen molar-refractivity contribution in [1.82, 2.24) is 4.90 Å². The number of carbonyl (C=O) groups excluding carboxylic acids is 1. The summed E-state index contributed by atoms with van der Waals surface area (Å²) in [5.41, 5.74) is 0. The molecule has 1 fully saturated rings. The zero-order chi connectivity index (χ0) is 17.6. The molecule has 0 radical (unpaired) electrons. The molecule has 0 bridgehead atoms. The Labute approximate surface area is 143 Å². The molecule has 1 atom stereocenters. The van der Waals surface area contributed by atoms with Crippen LogP contribution in [0, 0.1) is 0 Å². The maximum atomic E-state index is 12.1. The number of rotatable bonds is 13. The van der Waals surface area contributed by atoms with Crippen molar-refractivity contribution < 1.29 is 16.1 Å². The Balaban J connectivity index is 1.91. The van der Waals surface area contributed by atoms with E-state index in [-0.39, 0.29) is 5.91 Å². The molecule has 134 valence electrons. The third-order valence-electron chi connectivity index (χ3n) is 4.75. The van der Waals surface area contributed by atoms with Crippen molar-refractivity contribution in [1.29, 1.82) is 0 Å². The highest BCUT2D eigenvalue weighted by Gasteiger charge is 2.33. The van der Waals surface area contributed by atoms with Gasteiger partial charge < -0.3 is 10.0 Å². The first-order valence-electron chi connectivity index (χ1n) is 10.2. The molecule has 0 aromatic carbocycles. The van der Waals surface area contributed by atoms with Gasteiger partial charge in [-0.3, -0.25) is 4.79 Å². The van der Waals surface area contributed by atoms with Crippen LogP contribution >= 0.6 is 0 Å². The average Bonchev–Trinajstić information content (AvgIpc) is 3.05. The zero-order valence-electron chi connectivity index (χ0n) is 15.6. The Bertz CT molecular complexity index is 363. The van der Waals surface area contributed by atoms with Gasteiger partial charge >= 0.3 is 5.97 Å². The van der Waals surface area contributed by atoms with Crippen LogP contribution in [0.1, 0.15) is 98.2 Å². The minimum absolute atomic E-state index is 0.0209. The monoisotopic (exact) mass is 326 g/mol. The first kappa shape index (κ1) is 18.3. The molecular formula is C19H35NO3. The van der Waals surface area contributed by atoms with Crippen LogP contribution in [0.5, 0.6) is 0 Å². The third kappa shape index (κ3) is 8.38. The van der Waals surface area contributed by atoms with Gasteiger partial charge in [-0.2, -0.15) is 0 Å². The van der Waals surface area contributed by atoms with E-state index in [1.165, 1.54) is 51.4 Å². The quantitative estimate of drug-likeness (QED) is 0.496. The molecule has 0 unspecified atom stereocenters. The molecule has 4 heteroatoms. The zero-order valence-corrected chi connectivity index (χ0v) is 14.6. The van der Waals surface area contributed by atoms with Gasteiger partial charge in [0.05, 0.1) is 0 Å². The van der Waals surface area contributed by atoms with Crippen molar-refractivity contribution in [3.05, 3.63) is 0 Å². The van der Waals surface area contributed by atoms with E-state index in [1.807, 2.05) is 0 Å². The molecule has 0 aromatic rings. The second-order valence-corrected chi connectivity index (χ2v) is 6.72. The Hall–Kier alpha value is -1.06. The highest BCUT2D eigenvalue weighted by molar-refractivity contribution is 5.84. The van der Waals surface area contributed by atoms with Crippen LogP contribution in [0.15, 0.2) is 0 Å². The number of nitrogens with zero attached hydrogens (tertiary/aromatic N) is 1. The first-order valence-corrected chi connectivity index (χ1v) is 9.48. The minimum atomic E-state index is -0.861. The largest absolute Gasteiger partial charge is 0.480 e. The molecule has 1 heterocycles. The van der Waals surface area contributed by atoms with Gasteiger partial charge in [-0.25, -0.2) is 4.79 Å². The van der Waals surface area contributed by atoms with Crippen LogP contribution < -0.4 is 0 Å². The number of aliphatic carboxylic acids is 1. The van der Waals surface area contributed by atoms with Crippen molar-refractivity contribution >= 4 is 11.9 Å². The van der Waals surface area contributed by atoms with Gasteiger partial charge in [0.15, 0.2) is 0 Å². The maximum absolute atomic E-state index is 12.1. The molecule has 4 nitrogen and oxygen atoms in total. The van der Waals surface area contributed by atoms with Gasteiger partial charge in [-0.1, -0.05) is 71.1 Å². The summed E-state index contributed by atoms with van der Waals surface area (Å²) < 4.78 is 7.08. The Morgan fingerprint density at radius 3 is 2.13 bits per heavy atom. The van der Waals surface area contributed by atoms with E-state index in [4.69, 9.17) is 6.48 Å². The van der Waals surface area contributed by atoms with Crippen LogP contribution in [0.25, 0.3) is 0 Å². The highest BCUT2D eigenvalue weighted by Crippen LogP contribution is 2.19. The number of carboxylic acid groups (broad SMARTS) is 1. The standard InChI is InChI=1S/C19H35NO3/c1-2-3-4-5-6-7-8-9-10-11-12-15-18(21)20-16-13-14-17(20)19(22)23/h17H,2-16H2,1H3,(H,22,23)/t17-/m0/s1/i1D. The predicted molar refractivity (Wildman–Crippen MR) is 93.4 cm³/mol. The Kier molecular flexibility index (Phi) is 9.83. The maximum Gasteiger partial charge on any atom is 0.326 e. The molecule has 0 spiro atoms. The lowest BCUT2D eigenvalue weighted by atomic mass is 10.1. The molecule has 0 saturated carbocycles. The summed E-state index contributed by atoms with van der Waals surface area (Å²) >= 11 is 0. The van der Waals surface area contributed by atoms with E-state index in [0.29, 0.717) is 26.3 Å². The normalized spacial score (nSPS) is 18.2. The fourth-order valence-corrected chi connectivity index (χ4v) is 3.33. The molecule has 1 amide bonds. The van der Waals surface area contributed by atoms with Crippen molar-refractivity contribution in [2.75, 3.05) is 6.54 Å². The number of hydrogen-bond donors (Lipinski definition) is 1. The summed E-state index contributed by atoms with van der Waals surface area (Å²) in [5, 5.41) is 9.10. The molecule has 0 aliphatic carbocycles. The highest BCUT2D eigenvalue weighted by atomic mass is 16.4. The lowest BCUT2D eigenvalue weighted by Crippen LogP contribution is -2.40. The number of likely N-dealkylation sites (tertiary alicyclic amines) is 1. The molecule has 1 saturated heterocycles. The smallest absolute Gasteiger partial charge is 0.326 e. The summed E-state index contributed by atoms with van der Waals surface area (Å²) in [6.07, 6.45) is 15.0. The number of hydrogen-bond acceptors (Lipinski definition) is 2. The van der Waals surface area contributed by atoms with E-state index >= 15 is 0 Å². The van der Waals surface area contributed by atoms with Gasteiger partial charge in [0.25, 0.3) is 0 Å². The van der Waals surface area contributed by atoms with Crippen molar-refractivity contribution in [2.45, 2.75) is 103 Å². The fourth-order valence-electron chi connectivity index (χ4n) is 3.33. The second kappa shape index (κ2) is 12.4. The lowest BCUT2D eigenvalue weighted by Gasteiger charge is -2.21. The van der Waals surface area contributed by atoms with Crippen LogP contribution in [0.3, 0.4) is 0 Å². The number of unbranched alkanes of at least 4 members (excludes halogenated alkanes) is 10. The van der Waals surface area contributed by atoms with E-state index in [2.05, 4.69) is 0 Å². The summed E-state index contributed by atoms with van der Waals surface area (Å²) in [4.78, 5) is 24.7. The average molecular weight is 326 g/mol. The summed E-state index contributed by atoms with van der Waals surface area (Å²) in [7, 11) is 0. The van der Waals surface area contributed by atoms with Crippen LogP contribution in [-0.4, -0.2) is 34.5 Å². The minimum Gasteiger partial charge on any atom is -0.480 e. The molecule has 1 aliphatic heterocycles. The van der Waals surface area contributed by atoms with E-state index < -0.39 is 12.0 Å². The summed E-state index contributed by atoms with van der Waals surface area (Å²) in [5.74, 6) is -0.840. The van der Waals surface area contributed by atoms with Crippen molar-refractivity contribution in [3.8, 4) is 0 Å². The van der Waals surface area contributed by atoms with Crippen molar-refractivity contribution in [3.63, 3.8) is 0 Å². The van der Waals surface area contributed by atoms with Gasteiger partial charge in [0.2, 0.25) is 5.91 Å². The van der Waals surface area contributed by atoms with Gasteiger partial charge in [0, 0.05) is 14.3 Å². The van der Waals surface area contributed by atoms with E-state index in [0.717, 1.165) is 25.7 Å². The number of amides is 1. The van der Waals surface area contributed by atoms with Gasteiger partial charge in [0.1, 0.15) is 6.04 Å². The second-order valence-electron chi connectivity index (χ2n) is 6.72. The Morgan fingerprint density at radius 1 is 1.00 bits per heavy atom. The summed E-state index contributed by atoms with van der Waals surface area (Å²) in [6.45, 7) is 1.18. The molecular weight excluding hydrogens is 290 g/mol. The third-order valence-corrected chi connectivity index (χ3v) is 4.75. The van der Waals surface area contributed by atoms with Crippen LogP contribution in [0.2, 0.25) is 0 Å².